The van der Waals surface area contributed by atoms with Gasteiger partial charge in [-0.3, -0.25) is 14.2 Å². The number of nitrogens with one attached hydrogen (secondary N) is 1. The number of piperidine rings is 1. The third-order valence-electron chi connectivity index (χ3n) is 13.2. The number of carbonyl (C=O) groups is 3. The van der Waals surface area contributed by atoms with Crippen molar-refractivity contribution in [2.75, 3.05) is 19.8 Å². The first kappa shape index (κ1) is 38.4. The van der Waals surface area contributed by atoms with E-state index in [0.29, 0.717) is 49.1 Å². The van der Waals surface area contributed by atoms with Gasteiger partial charge >= 0.3 is 12.0 Å². The van der Waals surface area contributed by atoms with Gasteiger partial charge in [0.1, 0.15) is 11.6 Å². The molecular weight excluding hydrogens is 692 g/mol. The Bertz CT molecular complexity index is 1830. The number of hydrogen-bond acceptors (Lipinski definition) is 5. The van der Waals surface area contributed by atoms with Crippen molar-refractivity contribution < 1.29 is 37.7 Å². The van der Waals surface area contributed by atoms with Gasteiger partial charge in [-0.15, -0.1) is 0 Å². The van der Waals surface area contributed by atoms with E-state index in [-0.39, 0.29) is 48.7 Å². The number of hydrogen-bond donors (Lipinski definition) is 2. The number of amides is 2. The Kier molecular flexibility index (Phi) is 11.5. The lowest BCUT2D eigenvalue weighted by molar-refractivity contribution is -0.143. The van der Waals surface area contributed by atoms with Crippen molar-refractivity contribution in [2.24, 2.45) is 17.8 Å². The number of ether oxygens (including phenoxy) is 2. The molecule has 2 amide bonds. The number of aliphatic carboxylic acids is 1. The number of fused-ring (bicyclic) bond motifs is 1. The summed E-state index contributed by atoms with van der Waals surface area (Å²) >= 11 is 0. The Balaban J connectivity index is 1.09. The van der Waals surface area contributed by atoms with Crippen LogP contribution in [0.3, 0.4) is 0 Å². The van der Waals surface area contributed by atoms with Crippen molar-refractivity contribution in [2.45, 2.75) is 128 Å². The van der Waals surface area contributed by atoms with Crippen LogP contribution in [0.4, 0.5) is 13.6 Å². The summed E-state index contributed by atoms with van der Waals surface area (Å²) in [5.41, 5.74) is 2.10. The van der Waals surface area contributed by atoms with Gasteiger partial charge in [0.05, 0.1) is 29.1 Å². The lowest BCUT2D eigenvalue weighted by Crippen LogP contribution is -2.58. The Morgan fingerprint density at radius 3 is 2.28 bits per heavy atom. The number of nitrogens with zero attached hydrogens (tertiary/aromatic N) is 2. The van der Waals surface area contributed by atoms with Gasteiger partial charge in [-0.2, -0.15) is 0 Å². The number of halogens is 2. The Morgan fingerprint density at radius 1 is 0.926 bits per heavy atom. The van der Waals surface area contributed by atoms with Crippen molar-refractivity contribution >= 4 is 28.8 Å². The Labute approximate surface area is 316 Å². The van der Waals surface area contributed by atoms with Gasteiger partial charge in [0.25, 0.3) is 0 Å². The summed E-state index contributed by atoms with van der Waals surface area (Å²) in [7, 11) is 0. The molecule has 5 atom stereocenters. The molecule has 2 N–H and O–H groups in total. The normalized spacial score (nSPS) is 29.6. The highest BCUT2D eigenvalue weighted by Crippen LogP contribution is 2.41. The largest absolute Gasteiger partial charge is 0.481 e. The monoisotopic (exact) mass is 747 g/mol. The van der Waals surface area contributed by atoms with Gasteiger partial charge < -0.3 is 24.8 Å². The molecule has 3 heterocycles. The van der Waals surface area contributed by atoms with Crippen molar-refractivity contribution in [1.29, 1.82) is 0 Å². The van der Waals surface area contributed by atoms with E-state index in [4.69, 9.17) is 9.47 Å². The molecule has 2 aliphatic heterocycles. The molecule has 0 bridgehead atoms. The molecule has 292 valence electrons. The SMILES string of the molecule is Cc1c(CC2CCC(OC3CCOCC3)CC2)c2ccc(F)cc2n1C(=O)N1CC[C@@](C(=O)N[C@H]2CC[C@H](C(=O)O)C[C@@H]2C)(c2ccc(F)cc2)C[C@@H]1C. The topological polar surface area (TPSA) is 110 Å². The maximum atomic E-state index is 14.9. The number of carboxylic acid groups (broad SMARTS) is 1. The number of aromatic nitrogens is 1. The van der Waals surface area contributed by atoms with Gasteiger partial charge in [-0.1, -0.05) is 19.1 Å². The fraction of sp³-hybridized carbons (Fsp3) is 0.605. The summed E-state index contributed by atoms with van der Waals surface area (Å²) in [6.07, 6.45) is 9.50. The maximum Gasteiger partial charge on any atom is 0.329 e. The summed E-state index contributed by atoms with van der Waals surface area (Å²) in [5, 5.41) is 13.7. The van der Waals surface area contributed by atoms with Gasteiger partial charge in [-0.25, -0.2) is 13.6 Å². The molecule has 4 aliphatic rings. The first-order valence-electron chi connectivity index (χ1n) is 20.1. The second-order valence-electron chi connectivity index (χ2n) is 16.6. The second-order valence-corrected chi connectivity index (χ2v) is 16.6. The Morgan fingerprint density at radius 2 is 1.61 bits per heavy atom. The van der Waals surface area contributed by atoms with Crippen LogP contribution in [0.1, 0.15) is 101 Å². The van der Waals surface area contributed by atoms with E-state index in [1.165, 1.54) is 24.3 Å². The number of likely N-dealkylation sites (tertiary alicyclic amines) is 1. The third kappa shape index (κ3) is 7.81. The summed E-state index contributed by atoms with van der Waals surface area (Å²) in [6, 6.07) is 9.96. The molecule has 3 aromatic rings. The van der Waals surface area contributed by atoms with Gasteiger partial charge in [0.15, 0.2) is 0 Å². The zero-order chi connectivity index (χ0) is 38.1. The van der Waals surface area contributed by atoms with E-state index in [0.717, 1.165) is 74.8 Å². The smallest absolute Gasteiger partial charge is 0.329 e. The van der Waals surface area contributed by atoms with Crippen LogP contribution in [0, 0.1) is 36.3 Å². The van der Waals surface area contributed by atoms with Crippen LogP contribution in [0.2, 0.25) is 0 Å². The van der Waals surface area contributed by atoms with Crippen molar-refractivity contribution in [1.82, 2.24) is 14.8 Å². The third-order valence-corrected chi connectivity index (χ3v) is 13.2. The maximum absolute atomic E-state index is 14.9. The van der Waals surface area contributed by atoms with Crippen LogP contribution < -0.4 is 5.32 Å². The first-order chi connectivity index (χ1) is 25.9. The summed E-state index contributed by atoms with van der Waals surface area (Å²) < 4.78 is 42.6. The van der Waals surface area contributed by atoms with E-state index in [2.05, 4.69) is 5.32 Å². The lowest BCUT2D eigenvalue weighted by atomic mass is 9.69. The molecule has 0 spiro atoms. The van der Waals surface area contributed by atoms with Gasteiger partial charge in [-0.05, 0) is 144 Å². The zero-order valence-electron chi connectivity index (χ0n) is 31.8. The van der Waals surface area contributed by atoms with E-state index in [1.807, 2.05) is 20.8 Å². The molecular formula is C43H55F2N3O6. The van der Waals surface area contributed by atoms with E-state index < -0.39 is 28.9 Å². The van der Waals surface area contributed by atoms with E-state index >= 15 is 0 Å². The van der Waals surface area contributed by atoms with Crippen LogP contribution >= 0.6 is 0 Å². The summed E-state index contributed by atoms with van der Waals surface area (Å²) in [6.45, 7) is 7.67. The quantitative estimate of drug-likeness (QED) is 0.242. The van der Waals surface area contributed by atoms with E-state index in [1.54, 1.807) is 27.7 Å². The highest BCUT2D eigenvalue weighted by Gasteiger charge is 2.48. The molecule has 2 aliphatic carbocycles. The van der Waals surface area contributed by atoms with E-state index in [9.17, 15) is 28.3 Å². The summed E-state index contributed by atoms with van der Waals surface area (Å²) in [4.78, 5) is 42.5. The molecule has 1 aromatic heterocycles. The number of rotatable bonds is 8. The molecule has 7 rings (SSSR count). The van der Waals surface area contributed by atoms with Crippen LogP contribution in [-0.2, 0) is 30.9 Å². The first-order valence-corrected chi connectivity index (χ1v) is 20.1. The average molecular weight is 748 g/mol. The van der Waals surface area contributed by atoms with Gasteiger partial charge in [0, 0.05) is 42.9 Å². The molecule has 2 saturated heterocycles. The van der Waals surface area contributed by atoms with Crippen LogP contribution in [-0.4, -0.2) is 76.5 Å². The number of benzene rings is 2. The number of carboxylic acids is 1. The highest BCUT2D eigenvalue weighted by molar-refractivity contribution is 5.96. The highest BCUT2D eigenvalue weighted by atomic mass is 19.1. The Hall–Kier alpha value is -3.83. The lowest BCUT2D eigenvalue weighted by Gasteiger charge is -2.46. The molecule has 9 nitrogen and oxygen atoms in total. The fourth-order valence-electron chi connectivity index (χ4n) is 9.98. The predicted octanol–water partition coefficient (Wildman–Crippen LogP) is 7.92. The predicted molar refractivity (Wildman–Crippen MR) is 201 cm³/mol. The molecule has 54 heavy (non-hydrogen) atoms. The number of carbonyl (C=O) groups excluding carboxylic acids is 2. The molecule has 0 radical (unpaired) electrons. The minimum atomic E-state index is -1.02. The average Bonchev–Trinajstić information content (AvgIpc) is 3.42. The molecule has 4 fully saturated rings. The minimum Gasteiger partial charge on any atom is -0.481 e. The minimum absolute atomic E-state index is 0.0202. The zero-order valence-corrected chi connectivity index (χ0v) is 31.8. The summed E-state index contributed by atoms with van der Waals surface area (Å²) in [5.74, 6) is -1.80. The van der Waals surface area contributed by atoms with Crippen LogP contribution in [0.25, 0.3) is 10.9 Å². The van der Waals surface area contributed by atoms with Crippen molar-refractivity contribution in [3.05, 3.63) is 70.9 Å². The molecule has 11 heteroatoms. The standard InChI is InChI=1S/C43H55F2N3O6/c1-26-22-30(40(49)50)6-15-38(26)46-41(51)43(31-7-9-32(44)10-8-31)18-19-47(27(2)25-43)42(52)48-28(3)37(36-14-11-33(45)24-39(36)48)23-29-4-12-34(13-5-29)54-35-16-20-53-21-17-35/h7-11,14,24,26-27,29-30,34-35,38H,4-6,12-13,15-23,25H2,1-3H3,(H,46,51)(H,49,50)/t26-,27-,29?,30-,34?,38-,43-/m0/s1. The molecule has 2 saturated carbocycles. The molecule has 2 aromatic carbocycles. The van der Waals surface area contributed by atoms with Crippen LogP contribution in [0.5, 0.6) is 0 Å². The molecule has 0 unspecified atom stereocenters. The van der Waals surface area contributed by atoms with Crippen LogP contribution in [0.15, 0.2) is 42.5 Å². The second kappa shape index (κ2) is 16.1. The fourth-order valence-corrected chi connectivity index (χ4v) is 9.98. The van der Waals surface area contributed by atoms with Crippen molar-refractivity contribution in [3.8, 4) is 0 Å². The van der Waals surface area contributed by atoms with Crippen molar-refractivity contribution in [3.63, 3.8) is 0 Å². The van der Waals surface area contributed by atoms with Gasteiger partial charge in [0.2, 0.25) is 5.91 Å².